The monoisotopic (exact) mass is 285 g/mol. The van der Waals surface area contributed by atoms with Gasteiger partial charge in [-0.3, -0.25) is 0 Å². The van der Waals surface area contributed by atoms with Crippen LogP contribution in [-0.4, -0.2) is 55.1 Å². The van der Waals surface area contributed by atoms with Gasteiger partial charge in [0.2, 0.25) is 0 Å². The summed E-state index contributed by atoms with van der Waals surface area (Å²) in [7, 11) is 1.52. The van der Waals surface area contributed by atoms with Gasteiger partial charge in [0.1, 0.15) is 0 Å². The van der Waals surface area contributed by atoms with Gasteiger partial charge in [0, 0.05) is 25.6 Å². The van der Waals surface area contributed by atoms with Crippen LogP contribution in [-0.2, 0) is 4.74 Å². The standard InChI is InChI=1S/C7H15N5.C4H9O2.Al/c1-3-5(4-2)11-7(10)12-6(8)9;1-4(5)3-6-2;/h5H,3-4H2,1-2H3,(H4-2,8,9,10,11,12);4H,3H2,1-2H3;/q-2;-1;+3. The van der Waals surface area contributed by atoms with Crippen molar-refractivity contribution in [2.24, 2.45) is 15.7 Å². The molecule has 0 aliphatic heterocycles. The summed E-state index contributed by atoms with van der Waals surface area (Å²) in [6.07, 6.45) is 1.19. The van der Waals surface area contributed by atoms with E-state index in [9.17, 15) is 5.11 Å². The number of methoxy groups -OCH3 is 1. The second-order valence-corrected chi connectivity index (χ2v) is 3.69. The molecule has 8 heteroatoms. The van der Waals surface area contributed by atoms with Crippen molar-refractivity contribution in [1.82, 2.24) is 0 Å². The number of hydrogen-bond donors (Lipinski definition) is 1. The zero-order valence-electron chi connectivity index (χ0n) is 12.1. The van der Waals surface area contributed by atoms with Crippen molar-refractivity contribution in [3.05, 3.63) is 11.5 Å². The molecule has 0 aromatic carbocycles. The van der Waals surface area contributed by atoms with Crippen LogP contribution < -0.4 is 10.8 Å². The summed E-state index contributed by atoms with van der Waals surface area (Å²) < 4.78 is 4.49. The summed E-state index contributed by atoms with van der Waals surface area (Å²) in [6.45, 7) is 5.89. The molecule has 0 saturated heterocycles. The molecule has 1 atom stereocenters. The molecule has 0 saturated carbocycles. The van der Waals surface area contributed by atoms with Crippen LogP contribution in [0.2, 0.25) is 0 Å². The third kappa shape index (κ3) is 19.7. The minimum absolute atomic E-state index is 0. The third-order valence-corrected chi connectivity index (χ3v) is 1.88. The molecule has 0 aliphatic carbocycles. The topological polar surface area (TPSA) is 131 Å². The quantitative estimate of drug-likeness (QED) is 0.458. The molecule has 0 aromatic heterocycles. The van der Waals surface area contributed by atoms with Gasteiger partial charge in [-0.1, -0.05) is 20.8 Å². The summed E-state index contributed by atoms with van der Waals surface area (Å²) in [5.74, 6) is -0.522. The Hall–Kier alpha value is -0.808. The Morgan fingerprint density at radius 1 is 1.32 bits per heavy atom. The van der Waals surface area contributed by atoms with E-state index in [1.54, 1.807) is 6.92 Å². The molecule has 0 heterocycles. The second-order valence-electron chi connectivity index (χ2n) is 3.69. The van der Waals surface area contributed by atoms with E-state index >= 15 is 0 Å². The normalized spacial score (nSPS) is 13.4. The Morgan fingerprint density at radius 2 is 1.79 bits per heavy atom. The molecular formula is C11H24AlN5O2. The van der Waals surface area contributed by atoms with Crippen LogP contribution in [0.3, 0.4) is 0 Å². The zero-order valence-corrected chi connectivity index (χ0v) is 13.3. The molecule has 7 nitrogen and oxygen atoms in total. The van der Waals surface area contributed by atoms with E-state index in [0.717, 1.165) is 12.8 Å². The van der Waals surface area contributed by atoms with Crippen molar-refractivity contribution in [3.8, 4) is 0 Å². The fourth-order valence-electron chi connectivity index (χ4n) is 1.02. The largest absolute Gasteiger partial charge is 3.00 e. The Bertz CT molecular complexity index is 251. The molecule has 0 aliphatic rings. The maximum Gasteiger partial charge on any atom is 3.00 e. The van der Waals surface area contributed by atoms with Crippen molar-refractivity contribution >= 4 is 29.3 Å². The first kappa shape index (κ1) is 23.3. The number of guanidine groups is 2. The van der Waals surface area contributed by atoms with Crippen molar-refractivity contribution in [3.63, 3.8) is 0 Å². The van der Waals surface area contributed by atoms with Crippen LogP contribution in [0.4, 0.5) is 0 Å². The first-order valence-corrected chi connectivity index (χ1v) is 5.87. The summed E-state index contributed by atoms with van der Waals surface area (Å²) in [5.41, 5.74) is 19.0. The third-order valence-electron chi connectivity index (χ3n) is 1.88. The van der Waals surface area contributed by atoms with Gasteiger partial charge in [0.05, 0.1) is 0 Å². The summed E-state index contributed by atoms with van der Waals surface area (Å²) in [4.78, 5) is 7.34. The van der Waals surface area contributed by atoms with Crippen LogP contribution in [0, 0.1) is 0 Å². The van der Waals surface area contributed by atoms with E-state index in [1.165, 1.54) is 7.11 Å². The van der Waals surface area contributed by atoms with Crippen LogP contribution in [0.1, 0.15) is 33.6 Å². The number of nitrogens with one attached hydrogen (secondary N) is 2. The van der Waals surface area contributed by atoms with Crippen LogP contribution in [0.5, 0.6) is 0 Å². The van der Waals surface area contributed by atoms with Gasteiger partial charge in [-0.05, 0) is 18.9 Å². The predicted molar refractivity (Wildman–Crippen MR) is 79.2 cm³/mol. The maximum atomic E-state index is 10.0. The van der Waals surface area contributed by atoms with Gasteiger partial charge in [0.25, 0.3) is 0 Å². The fraction of sp³-hybridized carbons (Fsp3) is 0.818. The van der Waals surface area contributed by atoms with E-state index in [-0.39, 0.29) is 35.3 Å². The SMILES string of the molecule is CCC(CC)N=C([NH-])/N=C(/[NH-])N.COCC(C)[O-].[Al+3]. The van der Waals surface area contributed by atoms with Gasteiger partial charge >= 0.3 is 17.4 Å². The van der Waals surface area contributed by atoms with Gasteiger partial charge < -0.3 is 37.0 Å². The minimum atomic E-state index is -0.574. The van der Waals surface area contributed by atoms with E-state index in [0.29, 0.717) is 6.61 Å². The van der Waals surface area contributed by atoms with Gasteiger partial charge in [-0.25, -0.2) is 0 Å². The molecule has 0 amide bonds. The Morgan fingerprint density at radius 3 is 2.00 bits per heavy atom. The summed E-state index contributed by atoms with van der Waals surface area (Å²) in [6, 6.07) is 0.126. The molecule has 0 radical (unpaired) electrons. The zero-order chi connectivity index (χ0) is 14.6. The Kier molecular flexibility index (Phi) is 18.7. The van der Waals surface area contributed by atoms with Crippen molar-refractivity contribution < 1.29 is 9.84 Å². The van der Waals surface area contributed by atoms with E-state index < -0.39 is 6.10 Å². The number of ether oxygens (including phenoxy) is 1. The maximum absolute atomic E-state index is 10.0. The van der Waals surface area contributed by atoms with E-state index in [1.807, 2.05) is 13.8 Å². The smallest absolute Gasteiger partial charge is 0.851 e. The first-order chi connectivity index (χ1) is 8.37. The minimum Gasteiger partial charge on any atom is -0.851 e. The first-order valence-electron chi connectivity index (χ1n) is 5.87. The second kappa shape index (κ2) is 15.3. The average Bonchev–Trinajstić information content (AvgIpc) is 2.25. The average molecular weight is 285 g/mol. The van der Waals surface area contributed by atoms with Crippen molar-refractivity contribution in [2.75, 3.05) is 13.7 Å². The summed E-state index contributed by atoms with van der Waals surface area (Å²) in [5, 5.41) is 10.0. The van der Waals surface area contributed by atoms with Crippen LogP contribution >= 0.6 is 0 Å². The van der Waals surface area contributed by atoms with Gasteiger partial charge in [-0.2, -0.15) is 0 Å². The number of nitrogens with two attached hydrogens (primary N) is 1. The number of rotatable bonds is 5. The molecule has 0 aromatic rings. The molecular weight excluding hydrogens is 261 g/mol. The molecule has 4 N–H and O–H groups in total. The number of hydrogen-bond acceptors (Lipinski definition) is 3. The predicted octanol–water partition coefficient (Wildman–Crippen LogP) is 0.951. The summed E-state index contributed by atoms with van der Waals surface area (Å²) >= 11 is 0. The van der Waals surface area contributed by atoms with Crippen molar-refractivity contribution in [1.29, 1.82) is 0 Å². The molecule has 1 unspecified atom stereocenters. The Balaban J connectivity index is -0.000000313. The molecule has 0 rings (SSSR count). The van der Waals surface area contributed by atoms with Crippen molar-refractivity contribution in [2.45, 2.75) is 45.8 Å². The molecule has 108 valence electrons. The van der Waals surface area contributed by atoms with Crippen LogP contribution in [0.15, 0.2) is 9.98 Å². The fourth-order valence-corrected chi connectivity index (χ4v) is 1.02. The molecule has 0 bridgehead atoms. The van der Waals surface area contributed by atoms with E-state index in [4.69, 9.17) is 17.2 Å². The molecule has 19 heavy (non-hydrogen) atoms. The van der Waals surface area contributed by atoms with E-state index in [2.05, 4.69) is 14.7 Å². The Labute approximate surface area is 126 Å². The molecule has 0 fully saturated rings. The number of aliphatic imine (C=N–C) groups is 2. The molecule has 0 spiro atoms. The van der Waals surface area contributed by atoms with Gasteiger partial charge in [-0.15, -0.1) is 6.10 Å². The van der Waals surface area contributed by atoms with Crippen LogP contribution in [0.25, 0.3) is 11.5 Å². The van der Waals surface area contributed by atoms with Gasteiger partial charge in [0.15, 0.2) is 0 Å². The number of nitrogens with zero attached hydrogens (tertiary/aromatic N) is 2.